The number of halogens is 1. The number of hydrogen-bond acceptors (Lipinski definition) is 3. The van der Waals surface area contributed by atoms with Gasteiger partial charge in [0.25, 0.3) is 0 Å². The number of anilines is 1. The Kier molecular flexibility index (Phi) is 4.65. The van der Waals surface area contributed by atoms with Crippen molar-refractivity contribution in [2.75, 3.05) is 11.0 Å². The molecule has 0 aliphatic heterocycles. The van der Waals surface area contributed by atoms with E-state index in [9.17, 15) is 13.2 Å². The van der Waals surface area contributed by atoms with Crippen LogP contribution >= 0.6 is 11.6 Å². The molecular weight excluding hydrogens is 310 g/mol. The normalized spacial score (nSPS) is 11.1. The van der Waals surface area contributed by atoms with E-state index in [2.05, 4.69) is 4.72 Å². The van der Waals surface area contributed by atoms with Gasteiger partial charge in [-0.15, -0.1) is 0 Å². The standard InChI is InChI=1S/C15H14ClNO3S/c1-21(19,20)17-13-8-6-11(7-9-13)15(18)10-12-4-2-3-5-14(12)16/h2-9,17H,10H2,1H3. The topological polar surface area (TPSA) is 63.2 Å². The van der Waals surface area contributed by atoms with Gasteiger partial charge < -0.3 is 0 Å². The molecule has 2 rings (SSSR count). The number of carbonyl (C=O) groups is 1. The third-order valence-electron chi connectivity index (χ3n) is 2.82. The Bertz CT molecular complexity index is 755. The Balaban J connectivity index is 2.12. The molecule has 21 heavy (non-hydrogen) atoms. The fraction of sp³-hybridized carbons (Fsp3) is 0.133. The molecule has 0 fully saturated rings. The quantitative estimate of drug-likeness (QED) is 0.860. The van der Waals surface area contributed by atoms with Crippen LogP contribution < -0.4 is 4.72 Å². The summed E-state index contributed by atoms with van der Waals surface area (Å²) >= 11 is 6.02. The van der Waals surface area contributed by atoms with Gasteiger partial charge in [0, 0.05) is 22.7 Å². The van der Waals surface area contributed by atoms with E-state index in [0.29, 0.717) is 16.3 Å². The van der Waals surface area contributed by atoms with Gasteiger partial charge in [-0.1, -0.05) is 29.8 Å². The van der Waals surface area contributed by atoms with Crippen molar-refractivity contribution in [2.45, 2.75) is 6.42 Å². The third kappa shape index (κ3) is 4.58. The molecule has 0 heterocycles. The predicted octanol–water partition coefficient (Wildman–Crippen LogP) is 3.14. The van der Waals surface area contributed by atoms with Crippen LogP contribution in [-0.2, 0) is 16.4 Å². The maximum absolute atomic E-state index is 12.2. The van der Waals surface area contributed by atoms with Gasteiger partial charge in [0.15, 0.2) is 5.78 Å². The molecule has 0 aliphatic rings. The molecule has 0 bridgehead atoms. The lowest BCUT2D eigenvalue weighted by Crippen LogP contribution is -2.10. The average Bonchev–Trinajstić information content (AvgIpc) is 2.40. The van der Waals surface area contributed by atoms with Gasteiger partial charge in [0.2, 0.25) is 10.0 Å². The van der Waals surface area contributed by atoms with E-state index in [-0.39, 0.29) is 12.2 Å². The van der Waals surface area contributed by atoms with Crippen LogP contribution in [0, 0.1) is 0 Å². The first-order valence-corrected chi connectivity index (χ1v) is 8.46. The van der Waals surface area contributed by atoms with Crippen molar-refractivity contribution in [1.29, 1.82) is 0 Å². The zero-order chi connectivity index (χ0) is 15.5. The van der Waals surface area contributed by atoms with E-state index < -0.39 is 10.0 Å². The summed E-state index contributed by atoms with van der Waals surface area (Å²) in [4.78, 5) is 12.2. The molecule has 0 unspecified atom stereocenters. The van der Waals surface area contributed by atoms with Crippen LogP contribution in [0.5, 0.6) is 0 Å². The van der Waals surface area contributed by atoms with Crippen molar-refractivity contribution in [2.24, 2.45) is 0 Å². The highest BCUT2D eigenvalue weighted by molar-refractivity contribution is 7.92. The second-order valence-electron chi connectivity index (χ2n) is 4.64. The van der Waals surface area contributed by atoms with E-state index in [4.69, 9.17) is 11.6 Å². The van der Waals surface area contributed by atoms with Crippen molar-refractivity contribution in [3.63, 3.8) is 0 Å². The van der Waals surface area contributed by atoms with Crippen LogP contribution in [0.3, 0.4) is 0 Å². The number of hydrogen-bond donors (Lipinski definition) is 1. The highest BCUT2D eigenvalue weighted by Gasteiger charge is 2.10. The monoisotopic (exact) mass is 323 g/mol. The summed E-state index contributed by atoms with van der Waals surface area (Å²) in [6, 6.07) is 13.5. The van der Waals surface area contributed by atoms with Crippen molar-refractivity contribution >= 4 is 33.1 Å². The Hall–Kier alpha value is -1.85. The van der Waals surface area contributed by atoms with Gasteiger partial charge >= 0.3 is 0 Å². The highest BCUT2D eigenvalue weighted by atomic mass is 35.5. The van der Waals surface area contributed by atoms with Crippen LogP contribution in [0.4, 0.5) is 5.69 Å². The second-order valence-corrected chi connectivity index (χ2v) is 6.80. The first-order valence-electron chi connectivity index (χ1n) is 6.19. The lowest BCUT2D eigenvalue weighted by atomic mass is 10.0. The molecule has 2 aromatic carbocycles. The summed E-state index contributed by atoms with van der Waals surface area (Å²) in [6.45, 7) is 0. The number of ketones is 1. The molecule has 6 heteroatoms. The van der Waals surface area contributed by atoms with Crippen LogP contribution in [0.2, 0.25) is 5.02 Å². The highest BCUT2D eigenvalue weighted by Crippen LogP contribution is 2.18. The van der Waals surface area contributed by atoms with Gasteiger partial charge in [-0.2, -0.15) is 0 Å². The lowest BCUT2D eigenvalue weighted by Gasteiger charge is -2.06. The summed E-state index contributed by atoms with van der Waals surface area (Å²) in [5, 5.41) is 0.557. The number of nitrogens with one attached hydrogen (secondary N) is 1. The Morgan fingerprint density at radius 1 is 1.10 bits per heavy atom. The molecule has 0 saturated heterocycles. The minimum atomic E-state index is -3.32. The fourth-order valence-corrected chi connectivity index (χ4v) is 2.62. The van der Waals surface area contributed by atoms with Crippen molar-refractivity contribution in [1.82, 2.24) is 0 Å². The number of Topliss-reactive ketones (excluding diaryl/α,β-unsaturated/α-hetero) is 1. The number of sulfonamides is 1. The number of carbonyl (C=O) groups excluding carboxylic acids is 1. The maximum Gasteiger partial charge on any atom is 0.229 e. The molecule has 0 aliphatic carbocycles. The zero-order valence-corrected chi connectivity index (χ0v) is 12.9. The molecular formula is C15H14ClNO3S. The molecule has 2 aromatic rings. The second kappa shape index (κ2) is 6.28. The molecule has 110 valence electrons. The van der Waals surface area contributed by atoms with Crippen LogP contribution in [0.25, 0.3) is 0 Å². The van der Waals surface area contributed by atoms with Gasteiger partial charge in [0.05, 0.1) is 6.26 Å². The predicted molar refractivity (Wildman–Crippen MR) is 84.4 cm³/mol. The summed E-state index contributed by atoms with van der Waals surface area (Å²) in [6.07, 6.45) is 1.28. The van der Waals surface area contributed by atoms with Crippen molar-refractivity contribution in [3.05, 3.63) is 64.7 Å². The first-order chi connectivity index (χ1) is 9.85. The van der Waals surface area contributed by atoms with Gasteiger partial charge in [0.1, 0.15) is 0 Å². The minimum absolute atomic E-state index is 0.0750. The Morgan fingerprint density at radius 3 is 2.29 bits per heavy atom. The molecule has 1 N–H and O–H groups in total. The maximum atomic E-state index is 12.2. The largest absolute Gasteiger partial charge is 0.294 e. The van der Waals surface area contributed by atoms with Crippen LogP contribution in [0.1, 0.15) is 15.9 Å². The summed E-state index contributed by atoms with van der Waals surface area (Å²) in [5.41, 5.74) is 1.70. The van der Waals surface area contributed by atoms with E-state index in [1.165, 1.54) is 0 Å². The van der Waals surface area contributed by atoms with E-state index in [0.717, 1.165) is 11.8 Å². The smallest absolute Gasteiger partial charge is 0.229 e. The first kappa shape index (κ1) is 15.5. The number of rotatable bonds is 5. The molecule has 0 aromatic heterocycles. The zero-order valence-electron chi connectivity index (χ0n) is 11.3. The molecule has 0 atom stereocenters. The molecule has 0 radical (unpaired) electrons. The van der Waals surface area contributed by atoms with Gasteiger partial charge in [-0.25, -0.2) is 8.42 Å². The third-order valence-corrected chi connectivity index (χ3v) is 3.79. The van der Waals surface area contributed by atoms with Crippen LogP contribution in [-0.4, -0.2) is 20.5 Å². The molecule has 0 spiro atoms. The minimum Gasteiger partial charge on any atom is -0.294 e. The van der Waals surface area contributed by atoms with Crippen molar-refractivity contribution in [3.8, 4) is 0 Å². The SMILES string of the molecule is CS(=O)(=O)Nc1ccc(C(=O)Cc2ccccc2Cl)cc1. The number of benzene rings is 2. The lowest BCUT2D eigenvalue weighted by molar-refractivity contribution is 0.0993. The molecule has 0 saturated carbocycles. The summed E-state index contributed by atoms with van der Waals surface area (Å²) in [5.74, 6) is -0.0750. The average molecular weight is 324 g/mol. The summed E-state index contributed by atoms with van der Waals surface area (Å²) in [7, 11) is -3.32. The van der Waals surface area contributed by atoms with E-state index >= 15 is 0 Å². The van der Waals surface area contributed by atoms with E-state index in [1.807, 2.05) is 12.1 Å². The Morgan fingerprint density at radius 2 is 1.71 bits per heavy atom. The van der Waals surface area contributed by atoms with Gasteiger partial charge in [-0.3, -0.25) is 9.52 Å². The molecule has 0 amide bonds. The fourth-order valence-electron chi connectivity index (χ4n) is 1.86. The molecule has 4 nitrogen and oxygen atoms in total. The van der Waals surface area contributed by atoms with E-state index in [1.54, 1.807) is 36.4 Å². The summed E-state index contributed by atoms with van der Waals surface area (Å²) < 4.78 is 24.6. The van der Waals surface area contributed by atoms with Gasteiger partial charge in [-0.05, 0) is 35.9 Å². The van der Waals surface area contributed by atoms with Crippen molar-refractivity contribution < 1.29 is 13.2 Å². The van der Waals surface area contributed by atoms with Crippen LogP contribution in [0.15, 0.2) is 48.5 Å². The Labute approximate surface area is 128 Å².